The third kappa shape index (κ3) is 9.97. The lowest BCUT2D eigenvalue weighted by Crippen LogP contribution is -2.20. The maximum Gasteiger partial charge on any atom is 0.296 e. The topological polar surface area (TPSA) is 443 Å². The Kier molecular flexibility index (Phi) is 12.9. The lowest BCUT2D eigenvalue weighted by molar-refractivity contribution is 0.0979. The summed E-state index contributed by atoms with van der Waals surface area (Å²) in [4.78, 5) is 25.0. The molecular formula is C46H30N10O16S4. The Bertz CT molecular complexity index is 4190. The quantitative estimate of drug-likeness (QED) is 0.0320. The highest BCUT2D eigenvalue weighted by molar-refractivity contribution is 7.86. The van der Waals surface area contributed by atoms with Crippen LogP contribution in [-0.4, -0.2) is 73.7 Å². The molecule has 8 aromatic carbocycles. The number of nitrogens with zero attached hydrogens (tertiary/aromatic N) is 8. The minimum Gasteiger partial charge on any atom is -0.505 e. The van der Waals surface area contributed by atoms with Gasteiger partial charge in [0, 0.05) is 44.4 Å². The lowest BCUT2D eigenvalue weighted by atomic mass is 9.83. The van der Waals surface area contributed by atoms with Crippen LogP contribution in [0.1, 0.15) is 31.8 Å². The second kappa shape index (κ2) is 19.0. The number of benzene rings is 8. The van der Waals surface area contributed by atoms with E-state index < -0.39 is 94.5 Å². The monoisotopic (exact) mass is 1110 g/mol. The molecule has 0 heterocycles. The van der Waals surface area contributed by atoms with Crippen molar-refractivity contribution >= 4 is 130 Å². The summed E-state index contributed by atoms with van der Waals surface area (Å²) in [5.41, 5.74) is 10.2. The number of carbonyl (C=O) groups is 2. The summed E-state index contributed by atoms with van der Waals surface area (Å²) in [5.74, 6) is -2.92. The normalized spacial score (nSPS) is 13.5. The van der Waals surface area contributed by atoms with E-state index in [1.807, 2.05) is 0 Å². The van der Waals surface area contributed by atoms with E-state index in [2.05, 4.69) is 40.9 Å². The molecular weight excluding hydrogens is 1080 g/mol. The van der Waals surface area contributed by atoms with Crippen molar-refractivity contribution in [1.29, 1.82) is 0 Å². The van der Waals surface area contributed by atoms with E-state index in [1.54, 1.807) is 0 Å². The second-order valence-electron chi connectivity index (χ2n) is 16.1. The first-order chi connectivity index (χ1) is 35.7. The van der Waals surface area contributed by atoms with Gasteiger partial charge in [0.1, 0.15) is 21.2 Å². The van der Waals surface area contributed by atoms with E-state index in [-0.39, 0.29) is 89.3 Å². The smallest absolute Gasteiger partial charge is 0.296 e. The molecule has 0 spiro atoms. The zero-order chi connectivity index (χ0) is 54.8. The zero-order valence-corrected chi connectivity index (χ0v) is 40.9. The van der Waals surface area contributed by atoms with Gasteiger partial charge in [0.2, 0.25) is 0 Å². The van der Waals surface area contributed by atoms with Crippen LogP contribution in [0.2, 0.25) is 0 Å². The molecule has 0 unspecified atom stereocenters. The number of phenols is 2. The number of phenolic OH excluding ortho intramolecular Hbond substituents is 2. The van der Waals surface area contributed by atoms with Gasteiger partial charge >= 0.3 is 0 Å². The highest BCUT2D eigenvalue weighted by Gasteiger charge is 2.31. The number of fused-ring (bicyclic) bond motifs is 4. The molecule has 9 rings (SSSR count). The molecule has 0 radical (unpaired) electrons. The third-order valence-electron chi connectivity index (χ3n) is 11.3. The molecule has 0 aromatic heterocycles. The van der Waals surface area contributed by atoms with Gasteiger partial charge in [0.05, 0.1) is 54.7 Å². The third-order valence-corrected chi connectivity index (χ3v) is 14.8. The van der Waals surface area contributed by atoms with Gasteiger partial charge < -0.3 is 21.7 Å². The number of carbonyl (C=O) groups excluding carboxylic acids is 2. The van der Waals surface area contributed by atoms with Crippen molar-refractivity contribution in [2.75, 3.05) is 11.5 Å². The van der Waals surface area contributed by atoms with E-state index in [0.717, 1.165) is 60.7 Å². The number of azo groups is 4. The molecule has 30 heteroatoms. The number of ketones is 2. The summed E-state index contributed by atoms with van der Waals surface area (Å²) in [7, 11) is -19.4. The fourth-order valence-electron chi connectivity index (χ4n) is 7.76. The van der Waals surface area contributed by atoms with Gasteiger partial charge in [-0.3, -0.25) is 27.8 Å². The number of hydrogen-bond donors (Lipinski definition) is 8. The molecule has 1 aliphatic rings. The van der Waals surface area contributed by atoms with E-state index in [4.69, 9.17) is 11.5 Å². The van der Waals surface area contributed by atoms with E-state index in [1.165, 1.54) is 60.7 Å². The first kappa shape index (κ1) is 51.7. The number of nitrogens with two attached hydrogens (primary N) is 2. The van der Waals surface area contributed by atoms with Crippen LogP contribution < -0.4 is 11.5 Å². The summed E-state index contributed by atoms with van der Waals surface area (Å²) in [5, 5.41) is 53.9. The van der Waals surface area contributed by atoms with Gasteiger partial charge in [0.25, 0.3) is 40.5 Å². The molecule has 76 heavy (non-hydrogen) atoms. The Labute approximate surface area is 427 Å². The molecule has 0 aliphatic heterocycles. The van der Waals surface area contributed by atoms with Crippen LogP contribution >= 0.6 is 0 Å². The molecule has 26 nitrogen and oxygen atoms in total. The molecule has 0 atom stereocenters. The molecule has 384 valence electrons. The van der Waals surface area contributed by atoms with E-state index in [9.17, 15) is 71.7 Å². The van der Waals surface area contributed by atoms with Crippen LogP contribution in [0.4, 0.5) is 56.9 Å². The van der Waals surface area contributed by atoms with Crippen molar-refractivity contribution in [2.24, 2.45) is 40.9 Å². The van der Waals surface area contributed by atoms with Crippen molar-refractivity contribution in [1.82, 2.24) is 0 Å². The first-order valence-electron chi connectivity index (χ1n) is 21.0. The Morgan fingerprint density at radius 2 is 0.684 bits per heavy atom. The zero-order valence-electron chi connectivity index (χ0n) is 37.7. The highest BCUT2D eigenvalue weighted by atomic mass is 32.2. The number of hydrogen-bond acceptors (Lipinski definition) is 22. The van der Waals surface area contributed by atoms with Crippen molar-refractivity contribution in [2.45, 2.75) is 19.6 Å². The molecule has 0 amide bonds. The molecule has 1 aliphatic carbocycles. The summed E-state index contributed by atoms with van der Waals surface area (Å²) in [6, 6.07) is 23.4. The van der Waals surface area contributed by atoms with Crippen LogP contribution in [0, 0.1) is 0 Å². The number of rotatable bonds is 12. The molecule has 0 saturated heterocycles. The SMILES string of the molecule is Nc1ccc(N=Nc2ccc3c(c2)C(=O)c2ccc(N=Nc4ccc(N)c5c(O)c(N=Nc6ccc(S(=O)(=O)O)cc6)c(S(=O)(=O)O)cc45)cc2C3=O)c2cc(S(=O)(=O)O)c(N=Nc3ccc(S(=O)(=O)O)cc3)c(O)c12. The van der Waals surface area contributed by atoms with Crippen molar-refractivity contribution in [3.05, 3.63) is 144 Å². The molecule has 10 N–H and O–H groups in total. The molecule has 0 bridgehead atoms. The van der Waals surface area contributed by atoms with Crippen LogP contribution in [-0.2, 0) is 40.5 Å². The van der Waals surface area contributed by atoms with Gasteiger partial charge in [-0.2, -0.15) is 54.1 Å². The van der Waals surface area contributed by atoms with Gasteiger partial charge in [-0.25, -0.2) is 0 Å². The maximum atomic E-state index is 13.9. The van der Waals surface area contributed by atoms with Gasteiger partial charge in [0.15, 0.2) is 23.1 Å². The number of aromatic hydroxyl groups is 2. The van der Waals surface area contributed by atoms with Crippen molar-refractivity contribution in [3.63, 3.8) is 0 Å². The largest absolute Gasteiger partial charge is 0.505 e. The van der Waals surface area contributed by atoms with Crippen LogP contribution in [0.25, 0.3) is 21.5 Å². The Hall–Kier alpha value is -9.14. The predicted octanol–water partition coefficient (Wildman–Crippen LogP) is 9.99. The minimum atomic E-state index is -5.15. The predicted molar refractivity (Wildman–Crippen MR) is 269 cm³/mol. The lowest BCUT2D eigenvalue weighted by Gasteiger charge is -2.17. The fraction of sp³-hybridized carbons (Fsp3) is 0. The second-order valence-corrected chi connectivity index (χ2v) is 21.8. The summed E-state index contributed by atoms with van der Waals surface area (Å²) < 4.78 is 135. The number of nitrogen functional groups attached to an aromatic ring is 2. The fourth-order valence-corrected chi connectivity index (χ4v) is 10.0. The molecule has 8 aromatic rings. The minimum absolute atomic E-state index is 0.0329. The Morgan fingerprint density at radius 1 is 0.355 bits per heavy atom. The standard InChI is InChI=1S/C46H30N10O16S4/c47-33-13-15-35(31-19-37(75(67,68)69)41(45(59)39(31)33)55-49-21-1-7-25(8-2-21)73(61,62)63)53-51-23-5-11-27-29(17-23)43(57)28-12-6-24(18-30(28)44(27)58)52-54-36-16-14-34(48)40-32(36)20-38(76(70,71)72)42(46(40)60)56-50-22-3-9-26(10-4-22)74(64,65)66/h1-20,59-60H,47-48H2,(H,61,62,63)(H,64,65,66)(H,67,68,69)(H,70,71,72). The summed E-state index contributed by atoms with van der Waals surface area (Å²) in [6.07, 6.45) is 0. The van der Waals surface area contributed by atoms with Crippen LogP contribution in [0.5, 0.6) is 11.5 Å². The van der Waals surface area contributed by atoms with Crippen molar-refractivity contribution in [3.8, 4) is 11.5 Å². The highest BCUT2D eigenvalue weighted by Crippen LogP contribution is 2.48. The summed E-state index contributed by atoms with van der Waals surface area (Å²) in [6.45, 7) is 0. The van der Waals surface area contributed by atoms with Gasteiger partial charge in [-0.1, -0.05) is 0 Å². The number of anilines is 2. The van der Waals surface area contributed by atoms with E-state index in [0.29, 0.717) is 0 Å². The van der Waals surface area contributed by atoms with Gasteiger partial charge in [-0.15, -0.1) is 20.5 Å². The Morgan fingerprint density at radius 3 is 1.01 bits per heavy atom. The molecule has 0 fully saturated rings. The van der Waals surface area contributed by atoms with E-state index >= 15 is 0 Å². The molecule has 0 saturated carbocycles. The maximum absolute atomic E-state index is 13.9. The van der Waals surface area contributed by atoms with Crippen molar-refractivity contribution < 1.29 is 71.7 Å². The van der Waals surface area contributed by atoms with Crippen LogP contribution in [0.15, 0.2) is 182 Å². The van der Waals surface area contributed by atoms with Gasteiger partial charge in [-0.05, 0) is 121 Å². The van der Waals surface area contributed by atoms with Crippen LogP contribution in [0.3, 0.4) is 0 Å². The average Bonchev–Trinajstić information content (AvgIpc) is 3.37. The summed E-state index contributed by atoms with van der Waals surface area (Å²) >= 11 is 0. The first-order valence-corrected chi connectivity index (χ1v) is 26.8. The average molecular weight is 1110 g/mol. The Balaban J connectivity index is 1.000.